The lowest BCUT2D eigenvalue weighted by Gasteiger charge is -2.33. The third-order valence-corrected chi connectivity index (χ3v) is 4.52. The summed E-state index contributed by atoms with van der Waals surface area (Å²) in [5, 5.41) is 11.4. The van der Waals surface area contributed by atoms with Crippen LogP contribution in [0.2, 0.25) is 0 Å². The van der Waals surface area contributed by atoms with Crippen molar-refractivity contribution in [1.82, 2.24) is 0 Å². The van der Waals surface area contributed by atoms with E-state index >= 15 is 0 Å². The van der Waals surface area contributed by atoms with Crippen molar-refractivity contribution in [2.24, 2.45) is 0 Å². The van der Waals surface area contributed by atoms with Crippen molar-refractivity contribution in [3.05, 3.63) is 77.4 Å². The highest BCUT2D eigenvalue weighted by atomic mass is 16.7. The summed E-state index contributed by atoms with van der Waals surface area (Å²) in [4.78, 5) is 13.0. The number of hydrogen-bond acceptors (Lipinski definition) is 4. The number of ether oxygens (including phenoxy) is 2. The van der Waals surface area contributed by atoms with E-state index < -0.39 is 17.2 Å². The monoisotopic (exact) mass is 308 g/mol. The van der Waals surface area contributed by atoms with Gasteiger partial charge in [0.15, 0.2) is 0 Å². The van der Waals surface area contributed by atoms with Gasteiger partial charge in [-0.15, -0.1) is 6.58 Å². The Morgan fingerprint density at radius 2 is 2.04 bits per heavy atom. The minimum atomic E-state index is -1.89. The highest BCUT2D eigenvalue weighted by Crippen LogP contribution is 2.59. The third kappa shape index (κ3) is 1.54. The Morgan fingerprint density at radius 3 is 2.83 bits per heavy atom. The van der Waals surface area contributed by atoms with Crippen molar-refractivity contribution in [1.29, 1.82) is 0 Å². The predicted molar refractivity (Wildman–Crippen MR) is 84.3 cm³/mol. The van der Waals surface area contributed by atoms with Crippen LogP contribution in [-0.2, 0) is 16.1 Å². The topological polar surface area (TPSA) is 55.8 Å². The molecule has 4 nitrogen and oxygen atoms in total. The smallest absolute Gasteiger partial charge is 0.279 e. The van der Waals surface area contributed by atoms with Crippen LogP contribution in [0, 0.1) is 6.92 Å². The Morgan fingerprint density at radius 1 is 1.26 bits per heavy atom. The molecular weight excluding hydrogens is 292 g/mol. The summed E-state index contributed by atoms with van der Waals surface area (Å²) in [6.07, 6.45) is 1.57. The Kier molecular flexibility index (Phi) is 2.80. The first-order valence-corrected chi connectivity index (χ1v) is 7.46. The van der Waals surface area contributed by atoms with Crippen molar-refractivity contribution < 1.29 is 19.4 Å². The van der Waals surface area contributed by atoms with Crippen LogP contribution in [0.15, 0.2) is 55.1 Å². The molecule has 1 N–H and O–H groups in total. The van der Waals surface area contributed by atoms with Gasteiger partial charge in [-0.05, 0) is 18.6 Å². The lowest BCUT2D eigenvalue weighted by molar-refractivity contribution is -0.251. The maximum atomic E-state index is 13.0. The summed E-state index contributed by atoms with van der Waals surface area (Å²) in [6.45, 7) is 5.72. The molecule has 0 amide bonds. The molecule has 0 bridgehead atoms. The Balaban J connectivity index is 2.01. The molecule has 4 heteroatoms. The number of carbonyl (C=O) groups is 1. The first-order chi connectivity index (χ1) is 11.0. The van der Waals surface area contributed by atoms with Gasteiger partial charge in [0.05, 0.1) is 6.61 Å². The van der Waals surface area contributed by atoms with E-state index in [0.717, 1.165) is 5.56 Å². The van der Waals surface area contributed by atoms with E-state index in [1.54, 1.807) is 42.5 Å². The zero-order chi connectivity index (χ0) is 16.2. The predicted octanol–water partition coefficient (Wildman–Crippen LogP) is 2.83. The van der Waals surface area contributed by atoms with E-state index in [1.165, 1.54) is 0 Å². The summed E-state index contributed by atoms with van der Waals surface area (Å²) >= 11 is 0. The van der Waals surface area contributed by atoms with Crippen molar-refractivity contribution in [3.8, 4) is 5.75 Å². The fourth-order valence-corrected chi connectivity index (χ4v) is 3.49. The Hall–Kier alpha value is -2.43. The number of aliphatic hydroxyl groups is 1. The molecule has 2 aliphatic rings. The minimum absolute atomic E-state index is 0.150. The van der Waals surface area contributed by atoms with Gasteiger partial charge in [0.2, 0.25) is 11.4 Å². The molecule has 2 unspecified atom stereocenters. The first kappa shape index (κ1) is 14.2. The average molecular weight is 308 g/mol. The van der Waals surface area contributed by atoms with Gasteiger partial charge < -0.3 is 14.6 Å². The van der Waals surface area contributed by atoms with E-state index in [-0.39, 0.29) is 6.61 Å². The number of carbonyl (C=O) groups excluding carboxylic acids is 1. The van der Waals surface area contributed by atoms with Crippen molar-refractivity contribution in [3.63, 3.8) is 0 Å². The van der Waals surface area contributed by atoms with Crippen molar-refractivity contribution in [2.45, 2.75) is 18.3 Å². The second-order valence-corrected chi connectivity index (χ2v) is 5.90. The van der Waals surface area contributed by atoms with Gasteiger partial charge in [-0.25, -0.2) is 0 Å². The van der Waals surface area contributed by atoms with Crippen LogP contribution in [-0.4, -0.2) is 17.5 Å². The molecule has 0 saturated carbocycles. The van der Waals surface area contributed by atoms with Gasteiger partial charge in [-0.2, -0.15) is 0 Å². The van der Waals surface area contributed by atoms with Crippen LogP contribution in [0.25, 0.3) is 0 Å². The third-order valence-electron chi connectivity index (χ3n) is 4.52. The fraction of sp³-hybridized carbons (Fsp3) is 0.211. The molecule has 2 aromatic rings. The zero-order valence-electron chi connectivity index (χ0n) is 12.7. The molecule has 0 aromatic heterocycles. The Labute approximate surface area is 134 Å². The second kappa shape index (κ2) is 4.54. The molecule has 23 heavy (non-hydrogen) atoms. The molecule has 0 spiro atoms. The molecule has 0 radical (unpaired) electrons. The summed E-state index contributed by atoms with van der Waals surface area (Å²) in [5.41, 5.74) is 0.497. The SMILES string of the molecule is C=CCOC12Oc3cc(C)ccc3C1(O)C(=O)c1ccccc12. The highest BCUT2D eigenvalue weighted by Gasteiger charge is 2.71. The maximum absolute atomic E-state index is 13.0. The number of hydrogen-bond donors (Lipinski definition) is 1. The van der Waals surface area contributed by atoms with E-state index in [2.05, 4.69) is 6.58 Å². The number of Topliss-reactive ketones (excluding diaryl/α,β-unsaturated/α-hetero) is 1. The number of ketones is 1. The second-order valence-electron chi connectivity index (χ2n) is 5.90. The van der Waals surface area contributed by atoms with Crippen LogP contribution < -0.4 is 4.74 Å². The van der Waals surface area contributed by atoms with Crippen molar-refractivity contribution in [2.75, 3.05) is 6.61 Å². The molecule has 2 aromatic carbocycles. The standard InChI is InChI=1S/C19H16O4/c1-3-10-22-19-14-7-5-4-6-13(14)17(20)18(19,21)15-9-8-12(2)11-16(15)23-19/h3-9,11,21H,1,10H2,2H3. The van der Waals surface area contributed by atoms with Crippen molar-refractivity contribution >= 4 is 5.78 Å². The van der Waals surface area contributed by atoms with Gasteiger partial charge in [-0.3, -0.25) is 4.79 Å². The van der Waals surface area contributed by atoms with Gasteiger partial charge in [-0.1, -0.05) is 42.5 Å². The normalized spacial score (nSPS) is 27.1. The van der Waals surface area contributed by atoms with Crippen LogP contribution >= 0.6 is 0 Å². The molecule has 4 rings (SSSR count). The van der Waals surface area contributed by atoms with E-state index in [9.17, 15) is 9.90 Å². The van der Waals surface area contributed by atoms with Crippen LogP contribution in [0.4, 0.5) is 0 Å². The van der Waals surface area contributed by atoms with Crippen LogP contribution in [0.5, 0.6) is 5.75 Å². The van der Waals surface area contributed by atoms with E-state index in [4.69, 9.17) is 9.47 Å². The highest BCUT2D eigenvalue weighted by molar-refractivity contribution is 6.09. The molecule has 1 aliphatic heterocycles. The fourth-order valence-electron chi connectivity index (χ4n) is 3.49. The summed E-state index contributed by atoms with van der Waals surface area (Å²) in [6, 6.07) is 12.4. The summed E-state index contributed by atoms with van der Waals surface area (Å²) in [7, 11) is 0. The van der Waals surface area contributed by atoms with Gasteiger partial charge >= 0.3 is 0 Å². The summed E-state index contributed by atoms with van der Waals surface area (Å²) < 4.78 is 11.9. The van der Waals surface area contributed by atoms with E-state index in [0.29, 0.717) is 22.4 Å². The number of fused-ring (bicyclic) bond motifs is 5. The molecule has 1 aliphatic carbocycles. The van der Waals surface area contributed by atoms with Gasteiger partial charge in [0.1, 0.15) is 5.75 Å². The minimum Gasteiger partial charge on any atom is -0.453 e. The van der Waals surface area contributed by atoms with Crippen LogP contribution in [0.1, 0.15) is 27.0 Å². The summed E-state index contributed by atoms with van der Waals surface area (Å²) in [5.74, 6) is -1.50. The lowest BCUT2D eigenvalue weighted by atomic mass is 9.86. The quantitative estimate of drug-likeness (QED) is 0.886. The largest absolute Gasteiger partial charge is 0.453 e. The van der Waals surface area contributed by atoms with Gasteiger partial charge in [0.25, 0.3) is 5.79 Å². The lowest BCUT2D eigenvalue weighted by Crippen LogP contribution is -2.50. The number of benzene rings is 2. The molecule has 116 valence electrons. The molecule has 0 fully saturated rings. The van der Waals surface area contributed by atoms with Gasteiger partial charge in [0, 0.05) is 16.7 Å². The number of rotatable bonds is 3. The van der Waals surface area contributed by atoms with E-state index in [1.807, 2.05) is 13.0 Å². The molecule has 2 atom stereocenters. The molecule has 0 saturated heterocycles. The van der Waals surface area contributed by atoms with Crippen LogP contribution in [0.3, 0.4) is 0 Å². The molecule has 1 heterocycles. The maximum Gasteiger partial charge on any atom is 0.279 e. The zero-order valence-corrected chi connectivity index (χ0v) is 12.7. The first-order valence-electron chi connectivity index (χ1n) is 7.46. The number of aryl methyl sites for hydroxylation is 1. The average Bonchev–Trinajstić information content (AvgIpc) is 2.91. The Bertz CT molecular complexity index is 841. The molecular formula is C19H16O4.